The molecule has 1 amide bonds. The van der Waals surface area contributed by atoms with E-state index in [9.17, 15) is 22.9 Å². The van der Waals surface area contributed by atoms with Gasteiger partial charge in [0.05, 0.1) is 18.0 Å². The van der Waals surface area contributed by atoms with E-state index >= 15 is 0 Å². The van der Waals surface area contributed by atoms with Gasteiger partial charge in [-0.1, -0.05) is 66.2 Å². The number of benzene rings is 4. The Labute approximate surface area is 263 Å². The fourth-order valence-corrected chi connectivity index (χ4v) is 5.11. The van der Waals surface area contributed by atoms with E-state index in [2.05, 4.69) is 15.5 Å². The Kier molecular flexibility index (Phi) is 10.6. The Morgan fingerprint density at radius 2 is 1.77 bits per heavy atom. The van der Waals surface area contributed by atoms with Crippen molar-refractivity contribution in [3.8, 4) is 11.5 Å². The molecular weight excluding hydrogens is 588 g/mol. The van der Waals surface area contributed by atoms with Gasteiger partial charge < -0.3 is 15.2 Å². The van der Waals surface area contributed by atoms with Crippen LogP contribution in [0.2, 0.25) is 10.0 Å². The number of hydrogen-bond donors (Lipinski definition) is 2. The summed E-state index contributed by atoms with van der Waals surface area (Å²) in [5.41, 5.74) is 0.165. The maximum absolute atomic E-state index is 13.5. The van der Waals surface area contributed by atoms with Crippen LogP contribution in [0.25, 0.3) is 10.8 Å². The van der Waals surface area contributed by atoms with Crippen LogP contribution >= 0.6 is 23.2 Å². The molecule has 2 N–H and O–H groups in total. The van der Waals surface area contributed by atoms with E-state index in [1.54, 1.807) is 56.3 Å². The molecule has 0 radical (unpaired) electrons. The van der Waals surface area contributed by atoms with Crippen molar-refractivity contribution in [3.05, 3.63) is 81.8 Å². The van der Waals surface area contributed by atoms with Crippen molar-refractivity contribution >= 4 is 67.1 Å². The number of azo groups is 1. The third-order valence-electron chi connectivity index (χ3n) is 5.78. The molecule has 4 aromatic rings. The van der Waals surface area contributed by atoms with Crippen LogP contribution in [-0.2, 0) is 16.5 Å². The quantitative estimate of drug-likeness (QED) is 0.175. The summed E-state index contributed by atoms with van der Waals surface area (Å²) in [5, 5.41) is 25.4. The molecule has 0 unspecified atom stereocenters. The molecule has 0 bridgehead atoms. The number of amides is 1. The molecule has 0 heterocycles. The van der Waals surface area contributed by atoms with Crippen molar-refractivity contribution in [2.75, 3.05) is 11.9 Å². The van der Waals surface area contributed by atoms with Crippen molar-refractivity contribution in [2.45, 2.75) is 25.2 Å². The minimum atomic E-state index is -4.71. The minimum Gasteiger partial charge on any atom is -0.870 e. The van der Waals surface area contributed by atoms with Gasteiger partial charge in [-0.3, -0.25) is 9.35 Å². The monoisotopic (exact) mass is 609 g/mol. The summed E-state index contributed by atoms with van der Waals surface area (Å²) in [5.74, 6) is -1.11. The summed E-state index contributed by atoms with van der Waals surface area (Å²) in [7, 11) is -4.71. The Hall–Kier alpha value is -2.70. The molecule has 4 rings (SSSR count). The van der Waals surface area contributed by atoms with Gasteiger partial charge in [-0.15, -0.1) is 5.11 Å². The smallest absolute Gasteiger partial charge is 0.870 e. The van der Waals surface area contributed by atoms with Crippen LogP contribution in [0, 0.1) is 0 Å². The van der Waals surface area contributed by atoms with Gasteiger partial charge in [0, 0.05) is 16.0 Å². The van der Waals surface area contributed by atoms with Crippen LogP contribution in [-0.4, -0.2) is 25.5 Å². The third kappa shape index (κ3) is 6.77. The molecule has 0 aliphatic carbocycles. The number of carbonyl (C=O) groups is 1. The predicted molar refractivity (Wildman–Crippen MR) is 149 cm³/mol. The van der Waals surface area contributed by atoms with E-state index in [1.165, 1.54) is 12.1 Å². The number of aryl methyl sites for hydroxylation is 1. The van der Waals surface area contributed by atoms with Crippen LogP contribution < -0.4 is 44.7 Å². The average molecular weight is 610 g/mol. The molecule has 0 saturated carbocycles. The fourth-order valence-electron chi connectivity index (χ4n) is 3.89. The molecule has 0 atom stereocenters. The van der Waals surface area contributed by atoms with Gasteiger partial charge in [-0.25, -0.2) is 0 Å². The van der Waals surface area contributed by atoms with E-state index in [0.29, 0.717) is 35.1 Å². The molecule has 40 heavy (non-hydrogen) atoms. The van der Waals surface area contributed by atoms with Gasteiger partial charge in [-0.2, -0.15) is 13.5 Å². The maximum atomic E-state index is 13.5. The Bertz CT molecular complexity index is 1730. The zero-order valence-corrected chi connectivity index (χ0v) is 26.1. The Morgan fingerprint density at radius 1 is 1.05 bits per heavy atom. The summed E-state index contributed by atoms with van der Waals surface area (Å²) >= 11 is 12.5. The maximum Gasteiger partial charge on any atom is 1.00 e. The molecule has 0 aliphatic rings. The molecule has 0 spiro atoms. The Morgan fingerprint density at radius 3 is 2.45 bits per heavy atom. The van der Waals surface area contributed by atoms with Crippen LogP contribution in [0.15, 0.2) is 75.8 Å². The van der Waals surface area contributed by atoms with Crippen molar-refractivity contribution in [1.29, 1.82) is 0 Å². The van der Waals surface area contributed by atoms with Crippen molar-refractivity contribution in [3.63, 3.8) is 0 Å². The van der Waals surface area contributed by atoms with E-state index in [4.69, 9.17) is 27.9 Å². The second-order valence-electron chi connectivity index (χ2n) is 8.27. The Balaban J connectivity index is 0.00000441. The molecule has 13 heteroatoms. The number of halogens is 2. The van der Waals surface area contributed by atoms with Gasteiger partial charge in [-0.05, 0) is 54.6 Å². The first-order chi connectivity index (χ1) is 18.5. The molecule has 0 fully saturated rings. The zero-order valence-electron chi connectivity index (χ0n) is 21.7. The zero-order chi connectivity index (χ0) is 28.3. The first-order valence-electron chi connectivity index (χ1n) is 11.7. The van der Waals surface area contributed by atoms with Gasteiger partial charge in [0.25, 0.3) is 16.0 Å². The van der Waals surface area contributed by atoms with Crippen LogP contribution in [0.1, 0.15) is 29.8 Å². The predicted octanol–water partition coefficient (Wildman–Crippen LogP) is 4.10. The largest absolute Gasteiger partial charge is 1.00 e. The number of fused-ring (bicyclic) bond motifs is 1. The third-order valence-corrected chi connectivity index (χ3v) is 7.40. The summed E-state index contributed by atoms with van der Waals surface area (Å²) in [6.07, 6.45) is 0.450. The number of nitrogens with one attached hydrogen (secondary N) is 1. The average Bonchev–Trinajstić information content (AvgIpc) is 2.90. The number of hydrogen-bond acceptors (Lipinski definition) is 7. The fraction of sp³-hybridized carbons (Fsp3) is 0.148. The normalized spacial score (nSPS) is 11.4. The van der Waals surface area contributed by atoms with Crippen LogP contribution in [0.5, 0.6) is 11.5 Å². The molecule has 4 aromatic carbocycles. The van der Waals surface area contributed by atoms with Crippen molar-refractivity contribution < 1.29 is 57.2 Å². The van der Waals surface area contributed by atoms with Crippen LogP contribution in [0.4, 0.5) is 17.1 Å². The summed E-state index contributed by atoms with van der Waals surface area (Å²) in [6.45, 7) is 3.97. The van der Waals surface area contributed by atoms with E-state index in [0.717, 1.165) is 6.07 Å². The summed E-state index contributed by atoms with van der Waals surface area (Å²) in [6, 6.07) is 15.4. The number of rotatable bonds is 8. The van der Waals surface area contributed by atoms with Gasteiger partial charge >= 0.3 is 29.6 Å². The van der Waals surface area contributed by atoms with Crippen molar-refractivity contribution in [2.24, 2.45) is 10.2 Å². The first-order valence-corrected chi connectivity index (χ1v) is 13.9. The van der Waals surface area contributed by atoms with E-state index < -0.39 is 26.7 Å². The minimum absolute atomic E-state index is 0. The molecule has 0 aromatic heterocycles. The van der Waals surface area contributed by atoms with Gasteiger partial charge in [0.15, 0.2) is 0 Å². The number of ether oxygens (including phenoxy) is 1. The topological polar surface area (TPSA) is 140 Å². The second-order valence-corrected chi connectivity index (χ2v) is 10.4. The van der Waals surface area contributed by atoms with Gasteiger partial charge in [0.1, 0.15) is 21.4 Å². The van der Waals surface area contributed by atoms with E-state index in [1.807, 2.05) is 0 Å². The van der Waals surface area contributed by atoms with Crippen molar-refractivity contribution in [1.82, 2.24) is 0 Å². The molecular formula is C27H22Cl2N3NaO6S. The molecule has 9 nitrogen and oxygen atoms in total. The summed E-state index contributed by atoms with van der Waals surface area (Å²) < 4.78 is 39.1. The molecule has 202 valence electrons. The number of nitrogens with zero attached hydrogens (tertiary/aromatic N) is 2. The second kappa shape index (κ2) is 13.3. The summed E-state index contributed by atoms with van der Waals surface area (Å²) in [4.78, 5) is 12.7. The SMILES string of the molecule is CCOc1cccc(NC(=O)c2cc3ccccc3c(N=Nc3cc(CC)c(Cl)cc3S(=O)(=O)O)c2[O-])c1Cl.[Na+]. The first kappa shape index (κ1) is 31.8. The standard InChI is InChI=1S/C27H23Cl2N3O6S.Na/c1-3-15-13-21(23(14-19(15)28)39(35,36)37)31-32-25-17-9-6-5-8-16(17)12-18(26(25)33)27(34)30-20-10-7-11-22(24(20)29)38-4-2;/h5-14,33H,3-4H2,1-2H3,(H,30,34)(H,35,36,37);/q;+1/p-1. The number of carbonyl (C=O) groups excluding carboxylic acids is 1. The van der Waals surface area contributed by atoms with Crippen LogP contribution in [0.3, 0.4) is 0 Å². The number of anilines is 1. The molecule has 0 aliphatic heterocycles. The molecule has 0 saturated heterocycles. The van der Waals surface area contributed by atoms with E-state index in [-0.39, 0.29) is 62.2 Å². The van der Waals surface area contributed by atoms with Gasteiger partial charge in [0.2, 0.25) is 0 Å².